The average Bonchev–Trinajstić information content (AvgIpc) is 2.33. The highest BCUT2D eigenvalue weighted by atomic mass is 32.1. The van der Waals surface area contributed by atoms with Crippen LogP contribution in [-0.2, 0) is 0 Å². The predicted molar refractivity (Wildman–Crippen MR) is 81.1 cm³/mol. The second kappa shape index (κ2) is 6.43. The molecule has 0 aliphatic rings. The lowest BCUT2D eigenvalue weighted by atomic mass is 9.96. The zero-order chi connectivity index (χ0) is 13.9. The second-order valence-corrected chi connectivity index (χ2v) is 5.65. The van der Waals surface area contributed by atoms with Crippen molar-refractivity contribution in [1.82, 2.24) is 4.90 Å². The van der Waals surface area contributed by atoms with Crippen LogP contribution < -0.4 is 10.3 Å². The third-order valence-electron chi connectivity index (χ3n) is 3.45. The lowest BCUT2D eigenvalue weighted by molar-refractivity contribution is 0.348. The number of hydrogen-bond acceptors (Lipinski definition) is 4. The quantitative estimate of drug-likeness (QED) is 0.709. The molecule has 0 bridgehead atoms. The molecule has 0 aliphatic heterocycles. The maximum atomic E-state index is 11.8. The van der Waals surface area contributed by atoms with E-state index >= 15 is 0 Å². The van der Waals surface area contributed by atoms with Crippen LogP contribution in [0, 0.1) is 4.51 Å². The summed E-state index contributed by atoms with van der Waals surface area (Å²) in [6.45, 7) is 9.36. The molecule has 102 valence electrons. The van der Waals surface area contributed by atoms with Crippen LogP contribution in [0.1, 0.15) is 38.7 Å². The van der Waals surface area contributed by atoms with Crippen molar-refractivity contribution in [3.63, 3.8) is 0 Å². The zero-order valence-corrected chi connectivity index (χ0v) is 12.9. The summed E-state index contributed by atoms with van der Waals surface area (Å²) in [5.41, 5.74) is 1.97. The van der Waals surface area contributed by atoms with Crippen LogP contribution in [0.4, 0.5) is 5.69 Å². The molecule has 0 aliphatic carbocycles. The Morgan fingerprint density at radius 3 is 2.33 bits per heavy atom. The minimum atomic E-state index is 0.0556. The molecule has 0 radical (unpaired) electrons. The van der Waals surface area contributed by atoms with E-state index in [9.17, 15) is 4.79 Å². The normalized spacial score (nSPS) is 11.7. The predicted octanol–water partition coefficient (Wildman–Crippen LogP) is 2.55. The zero-order valence-electron chi connectivity index (χ0n) is 12.1. The first-order valence-corrected chi connectivity index (χ1v) is 7.03. The summed E-state index contributed by atoms with van der Waals surface area (Å²) in [6.07, 6.45) is 1.07. The fraction of sp³-hybridized carbons (Fsp3) is 0.714. The smallest absolute Gasteiger partial charge is 0.220 e. The van der Waals surface area contributed by atoms with E-state index in [0.717, 1.165) is 37.3 Å². The van der Waals surface area contributed by atoms with Gasteiger partial charge in [0, 0.05) is 19.2 Å². The van der Waals surface area contributed by atoms with Gasteiger partial charge in [0.15, 0.2) is 0 Å². The summed E-state index contributed by atoms with van der Waals surface area (Å²) < 4.78 is 0.539. The van der Waals surface area contributed by atoms with Gasteiger partial charge in [-0.05, 0) is 32.5 Å². The summed E-state index contributed by atoms with van der Waals surface area (Å²) in [5.74, 6) is 0.339. The fourth-order valence-corrected chi connectivity index (χ4v) is 2.59. The number of rotatable bonds is 7. The van der Waals surface area contributed by atoms with E-state index in [1.165, 1.54) is 0 Å². The Morgan fingerprint density at radius 2 is 1.83 bits per heavy atom. The van der Waals surface area contributed by atoms with Crippen LogP contribution in [0.2, 0.25) is 0 Å². The van der Waals surface area contributed by atoms with Crippen molar-refractivity contribution in [2.24, 2.45) is 0 Å². The standard InChI is InChI=1S/C14H24N2OS/c1-6-15(4)8-7-9-16(5)12-11(10(2)3)14(18)13(12)17/h10H,6-9H2,1-5H3. The average molecular weight is 268 g/mol. The maximum absolute atomic E-state index is 11.8. The van der Waals surface area contributed by atoms with Crippen LogP contribution >= 0.6 is 12.2 Å². The van der Waals surface area contributed by atoms with E-state index in [4.69, 9.17) is 12.2 Å². The van der Waals surface area contributed by atoms with Gasteiger partial charge in [0.05, 0.1) is 10.2 Å². The molecular formula is C14H24N2OS. The van der Waals surface area contributed by atoms with Gasteiger partial charge in [0.2, 0.25) is 5.43 Å². The van der Waals surface area contributed by atoms with Gasteiger partial charge in [0.25, 0.3) is 0 Å². The molecule has 0 heterocycles. The van der Waals surface area contributed by atoms with Crippen molar-refractivity contribution < 1.29 is 0 Å². The van der Waals surface area contributed by atoms with Gasteiger partial charge in [-0.2, -0.15) is 0 Å². The first kappa shape index (κ1) is 15.3. The lowest BCUT2D eigenvalue weighted by Crippen LogP contribution is -2.33. The van der Waals surface area contributed by atoms with Crippen LogP contribution in [0.25, 0.3) is 0 Å². The van der Waals surface area contributed by atoms with E-state index in [-0.39, 0.29) is 5.43 Å². The molecule has 18 heavy (non-hydrogen) atoms. The Morgan fingerprint density at radius 1 is 1.22 bits per heavy atom. The molecule has 1 aromatic carbocycles. The largest absolute Gasteiger partial charge is 0.371 e. The van der Waals surface area contributed by atoms with E-state index in [1.54, 1.807) is 0 Å². The topological polar surface area (TPSA) is 23.6 Å². The number of nitrogens with zero attached hydrogens (tertiary/aromatic N) is 2. The first-order valence-electron chi connectivity index (χ1n) is 6.63. The highest BCUT2D eigenvalue weighted by Gasteiger charge is 2.22. The summed E-state index contributed by atoms with van der Waals surface area (Å²) in [6, 6.07) is 0. The van der Waals surface area contributed by atoms with E-state index in [0.29, 0.717) is 10.4 Å². The molecule has 0 N–H and O–H groups in total. The van der Waals surface area contributed by atoms with Crippen molar-refractivity contribution in [2.45, 2.75) is 33.1 Å². The van der Waals surface area contributed by atoms with E-state index < -0.39 is 0 Å². The van der Waals surface area contributed by atoms with Crippen molar-refractivity contribution in [1.29, 1.82) is 0 Å². The highest BCUT2D eigenvalue weighted by Crippen LogP contribution is 2.27. The lowest BCUT2D eigenvalue weighted by Gasteiger charge is -2.26. The Hall–Kier alpha value is -0.740. The van der Waals surface area contributed by atoms with Gasteiger partial charge in [-0.3, -0.25) is 4.79 Å². The van der Waals surface area contributed by atoms with Gasteiger partial charge in [0.1, 0.15) is 0 Å². The number of anilines is 1. The summed E-state index contributed by atoms with van der Waals surface area (Å²) in [4.78, 5) is 16.2. The monoisotopic (exact) mass is 268 g/mol. The molecule has 0 saturated heterocycles. The highest BCUT2D eigenvalue weighted by molar-refractivity contribution is 7.71. The van der Waals surface area contributed by atoms with E-state index in [2.05, 4.69) is 37.6 Å². The molecule has 0 saturated carbocycles. The Labute approximate surface area is 115 Å². The van der Waals surface area contributed by atoms with Crippen LogP contribution in [0.15, 0.2) is 4.79 Å². The third kappa shape index (κ3) is 3.18. The minimum absolute atomic E-state index is 0.0556. The number of hydrogen-bond donors (Lipinski definition) is 0. The summed E-state index contributed by atoms with van der Waals surface area (Å²) in [7, 11) is 4.10. The molecule has 0 spiro atoms. The van der Waals surface area contributed by atoms with Crippen LogP contribution in [0.5, 0.6) is 0 Å². The molecule has 0 fully saturated rings. The third-order valence-corrected chi connectivity index (χ3v) is 3.86. The first-order chi connectivity index (χ1) is 8.40. The Balaban J connectivity index is 2.63. The van der Waals surface area contributed by atoms with Crippen molar-refractivity contribution in [2.75, 3.05) is 38.6 Å². The Kier molecular flexibility index (Phi) is 5.47. The van der Waals surface area contributed by atoms with Gasteiger partial charge < -0.3 is 9.80 Å². The van der Waals surface area contributed by atoms with E-state index in [1.807, 2.05) is 7.05 Å². The van der Waals surface area contributed by atoms with Crippen molar-refractivity contribution >= 4 is 17.9 Å². The molecule has 1 rings (SSSR count). The van der Waals surface area contributed by atoms with Gasteiger partial charge in [-0.25, -0.2) is 0 Å². The molecular weight excluding hydrogens is 244 g/mol. The molecule has 3 nitrogen and oxygen atoms in total. The minimum Gasteiger partial charge on any atom is -0.371 e. The second-order valence-electron chi connectivity index (χ2n) is 5.25. The Bertz CT molecular complexity index is 460. The molecule has 1 aromatic rings. The van der Waals surface area contributed by atoms with Gasteiger partial charge in [-0.1, -0.05) is 33.0 Å². The van der Waals surface area contributed by atoms with Crippen molar-refractivity contribution in [3.8, 4) is 0 Å². The van der Waals surface area contributed by atoms with Crippen LogP contribution in [-0.4, -0.2) is 38.6 Å². The van der Waals surface area contributed by atoms with Gasteiger partial charge >= 0.3 is 0 Å². The SMILES string of the molecule is CCN(C)CCCN(C)c1c(C(C)C)c(=S)c1=O. The maximum Gasteiger partial charge on any atom is 0.220 e. The van der Waals surface area contributed by atoms with Crippen molar-refractivity contribution in [3.05, 3.63) is 20.3 Å². The molecule has 4 heteroatoms. The molecule has 0 aromatic heterocycles. The molecule has 0 unspecified atom stereocenters. The van der Waals surface area contributed by atoms with Crippen LogP contribution in [0.3, 0.4) is 0 Å². The fourth-order valence-electron chi connectivity index (χ4n) is 2.16. The summed E-state index contributed by atoms with van der Waals surface area (Å²) >= 11 is 5.13. The molecule has 0 atom stereocenters. The molecule has 0 amide bonds. The summed E-state index contributed by atoms with van der Waals surface area (Å²) in [5, 5.41) is 0. The van der Waals surface area contributed by atoms with Gasteiger partial charge in [-0.15, -0.1) is 0 Å².